The van der Waals surface area contributed by atoms with Crippen LogP contribution >= 0.6 is 0 Å². The molecule has 0 spiro atoms. The maximum atomic E-state index is 11.6. The number of nitrogens with one attached hydrogen (secondary N) is 2. The fourth-order valence-corrected chi connectivity index (χ4v) is 2.28. The fourth-order valence-electron chi connectivity index (χ4n) is 2.28. The number of ether oxygens (including phenoxy) is 1. The van der Waals surface area contributed by atoms with Gasteiger partial charge < -0.3 is 9.84 Å². The normalized spacial score (nSPS) is 34.6. The van der Waals surface area contributed by atoms with E-state index in [1.807, 2.05) is 0 Å². The molecule has 0 aromatic carbocycles. The van der Waals surface area contributed by atoms with E-state index in [-0.39, 0.29) is 30.8 Å². The maximum absolute atomic E-state index is 11.6. The average molecular weight is 251 g/mol. The summed E-state index contributed by atoms with van der Waals surface area (Å²) in [5.74, 6) is -0.105. The second-order valence-electron chi connectivity index (χ2n) is 4.35. The predicted molar refractivity (Wildman–Crippen MR) is 62.4 cm³/mol. The molecule has 3 rings (SSSR count). The molecule has 3 unspecified atom stereocenters. The van der Waals surface area contributed by atoms with Crippen molar-refractivity contribution in [1.82, 2.24) is 10.2 Å². The molecule has 8 nitrogen and oxygen atoms in total. The second kappa shape index (κ2) is 4.14. The first-order valence-electron chi connectivity index (χ1n) is 5.75. The maximum Gasteiger partial charge on any atom is 0.259 e. The third-order valence-corrected chi connectivity index (χ3v) is 3.16. The molecule has 3 aliphatic rings. The van der Waals surface area contributed by atoms with Crippen LogP contribution in [0.5, 0.6) is 0 Å². The van der Waals surface area contributed by atoms with Crippen molar-refractivity contribution in [3.63, 3.8) is 0 Å². The number of fused-ring (bicyclic) bond motifs is 1. The highest BCUT2D eigenvalue weighted by Gasteiger charge is 2.41. The van der Waals surface area contributed by atoms with E-state index in [4.69, 9.17) is 15.3 Å². The smallest absolute Gasteiger partial charge is 0.259 e. The lowest BCUT2D eigenvalue weighted by Gasteiger charge is -2.26. The molecule has 96 valence electrons. The van der Waals surface area contributed by atoms with E-state index in [2.05, 4.69) is 15.3 Å². The summed E-state index contributed by atoms with van der Waals surface area (Å²) < 4.78 is 5.62. The quantitative estimate of drug-likeness (QED) is 0.564. The van der Waals surface area contributed by atoms with Gasteiger partial charge in [-0.3, -0.25) is 25.4 Å². The lowest BCUT2D eigenvalue weighted by Crippen LogP contribution is -2.50. The lowest BCUT2D eigenvalue weighted by atomic mass is 10.2. The van der Waals surface area contributed by atoms with Crippen molar-refractivity contribution in [2.75, 3.05) is 6.61 Å². The Kier molecular flexibility index (Phi) is 2.60. The summed E-state index contributed by atoms with van der Waals surface area (Å²) in [7, 11) is 0. The molecule has 1 amide bonds. The Labute approximate surface area is 103 Å². The van der Waals surface area contributed by atoms with Gasteiger partial charge in [0.15, 0.2) is 11.9 Å². The number of aliphatic hydroxyl groups excluding tert-OH is 1. The number of aliphatic imine (C=N–C) groups is 2. The summed E-state index contributed by atoms with van der Waals surface area (Å²) in [6.07, 6.45) is 2.56. The number of carbonyl (C=O) groups excluding carboxylic acids is 1. The molecule has 3 atom stereocenters. The van der Waals surface area contributed by atoms with Crippen LogP contribution in [0.25, 0.3) is 0 Å². The van der Waals surface area contributed by atoms with Gasteiger partial charge in [0, 0.05) is 0 Å². The summed E-state index contributed by atoms with van der Waals surface area (Å²) in [4.78, 5) is 21.4. The van der Waals surface area contributed by atoms with Gasteiger partial charge in [-0.1, -0.05) is 0 Å². The Balaban J connectivity index is 1.81. The third kappa shape index (κ3) is 1.70. The molecule has 0 aromatic heterocycles. The van der Waals surface area contributed by atoms with Gasteiger partial charge in [0.1, 0.15) is 6.23 Å². The minimum absolute atomic E-state index is 0.0201. The molecule has 0 aromatic rings. The molecule has 0 aliphatic carbocycles. The van der Waals surface area contributed by atoms with Crippen LogP contribution < -0.4 is 5.32 Å². The van der Waals surface area contributed by atoms with E-state index in [1.54, 1.807) is 4.90 Å². The van der Waals surface area contributed by atoms with Crippen LogP contribution in [-0.4, -0.2) is 59.0 Å². The number of amides is 1. The Bertz CT molecular complexity index is 460. The van der Waals surface area contributed by atoms with Crippen molar-refractivity contribution < 1.29 is 14.6 Å². The number of aliphatic hydroxyl groups is 1. The van der Waals surface area contributed by atoms with Crippen LogP contribution in [0.15, 0.2) is 9.98 Å². The van der Waals surface area contributed by atoms with Crippen molar-refractivity contribution in [3.8, 4) is 0 Å². The highest BCUT2D eigenvalue weighted by molar-refractivity contribution is 6.23. The van der Waals surface area contributed by atoms with Crippen LogP contribution in [0, 0.1) is 5.41 Å². The molecule has 0 radical (unpaired) electrons. The molecule has 18 heavy (non-hydrogen) atoms. The van der Waals surface area contributed by atoms with Crippen LogP contribution in [0.4, 0.5) is 0 Å². The first-order chi connectivity index (χ1) is 8.69. The van der Waals surface area contributed by atoms with Crippen LogP contribution in [-0.2, 0) is 9.53 Å². The fraction of sp³-hybridized carbons (Fsp3) is 0.600. The van der Waals surface area contributed by atoms with E-state index in [1.165, 1.54) is 6.34 Å². The van der Waals surface area contributed by atoms with Crippen LogP contribution in [0.2, 0.25) is 0 Å². The van der Waals surface area contributed by atoms with Gasteiger partial charge in [-0.05, 0) is 12.8 Å². The summed E-state index contributed by atoms with van der Waals surface area (Å²) in [5, 5.41) is 18.8. The first kappa shape index (κ1) is 11.3. The summed E-state index contributed by atoms with van der Waals surface area (Å²) in [5.41, 5.74) is 0. The van der Waals surface area contributed by atoms with Crippen LogP contribution in [0.1, 0.15) is 12.8 Å². The summed E-state index contributed by atoms with van der Waals surface area (Å²) in [6.45, 7) is -0.0201. The molecular weight excluding hydrogens is 238 g/mol. The van der Waals surface area contributed by atoms with Gasteiger partial charge in [-0.2, -0.15) is 4.99 Å². The van der Waals surface area contributed by atoms with Gasteiger partial charge in [-0.25, -0.2) is 0 Å². The molecule has 8 heteroatoms. The van der Waals surface area contributed by atoms with Gasteiger partial charge in [0.2, 0.25) is 5.96 Å². The zero-order chi connectivity index (χ0) is 12.7. The van der Waals surface area contributed by atoms with Crippen molar-refractivity contribution in [1.29, 1.82) is 5.41 Å². The van der Waals surface area contributed by atoms with Gasteiger partial charge in [-0.15, -0.1) is 0 Å². The molecule has 0 saturated carbocycles. The van der Waals surface area contributed by atoms with E-state index in [0.29, 0.717) is 5.84 Å². The predicted octanol–water partition coefficient (Wildman–Crippen LogP) is -1.34. The number of amidine groups is 1. The molecule has 0 bridgehead atoms. The Morgan fingerprint density at radius 2 is 2.44 bits per heavy atom. The monoisotopic (exact) mass is 251 g/mol. The Morgan fingerprint density at radius 1 is 1.61 bits per heavy atom. The van der Waals surface area contributed by atoms with E-state index in [0.717, 1.165) is 12.8 Å². The molecular formula is C10H13N5O3. The zero-order valence-corrected chi connectivity index (χ0v) is 9.54. The Hall–Kier alpha value is -1.80. The number of hydrogen-bond donors (Lipinski definition) is 3. The highest BCUT2D eigenvalue weighted by atomic mass is 16.5. The minimum atomic E-state index is -0.684. The number of guanidine groups is 1. The van der Waals surface area contributed by atoms with E-state index >= 15 is 0 Å². The number of rotatable bonds is 2. The third-order valence-electron chi connectivity index (χ3n) is 3.16. The molecule has 3 heterocycles. The highest BCUT2D eigenvalue weighted by Crippen LogP contribution is 2.25. The molecule has 3 N–H and O–H groups in total. The lowest BCUT2D eigenvalue weighted by molar-refractivity contribution is -0.119. The van der Waals surface area contributed by atoms with Crippen molar-refractivity contribution in [3.05, 3.63) is 0 Å². The Morgan fingerprint density at radius 3 is 3.17 bits per heavy atom. The van der Waals surface area contributed by atoms with E-state index < -0.39 is 6.04 Å². The minimum Gasteiger partial charge on any atom is -0.394 e. The van der Waals surface area contributed by atoms with Gasteiger partial charge >= 0.3 is 0 Å². The van der Waals surface area contributed by atoms with Gasteiger partial charge in [0.25, 0.3) is 5.91 Å². The second-order valence-corrected chi connectivity index (χ2v) is 4.35. The van der Waals surface area contributed by atoms with Crippen LogP contribution in [0.3, 0.4) is 0 Å². The van der Waals surface area contributed by atoms with Crippen molar-refractivity contribution in [2.45, 2.75) is 31.2 Å². The topological polar surface area (TPSA) is 110 Å². The molecule has 1 saturated heterocycles. The zero-order valence-electron chi connectivity index (χ0n) is 9.54. The summed E-state index contributed by atoms with van der Waals surface area (Å²) in [6, 6.07) is -0.684. The number of carbonyl (C=O) groups is 1. The summed E-state index contributed by atoms with van der Waals surface area (Å²) >= 11 is 0. The van der Waals surface area contributed by atoms with Crippen molar-refractivity contribution >= 4 is 24.0 Å². The van der Waals surface area contributed by atoms with Crippen molar-refractivity contribution in [2.24, 2.45) is 9.98 Å². The molecule has 3 aliphatic heterocycles. The standard InChI is InChI=1S/C10H13N5O3/c11-10-13-8-7(9(17)14-10)12-4-15(8)6-2-1-5(3-16)18-6/h4-7,16H,1-3H2,(H2,11,14,17). The van der Waals surface area contributed by atoms with E-state index in [9.17, 15) is 4.79 Å². The number of nitrogens with zero attached hydrogens (tertiary/aromatic N) is 3. The molecule has 1 fully saturated rings. The largest absolute Gasteiger partial charge is 0.394 e. The average Bonchev–Trinajstić information content (AvgIpc) is 2.93. The van der Waals surface area contributed by atoms with Gasteiger partial charge in [0.05, 0.1) is 19.0 Å². The first-order valence-corrected chi connectivity index (χ1v) is 5.75. The SMILES string of the molecule is N=C1N=C2C(N=CN2C2CCC(CO)O2)C(=O)N1. The number of hydrogen-bond acceptors (Lipinski definition) is 6.